The number of hydrogen-bond donors (Lipinski definition) is 1. The molecule has 20 heavy (non-hydrogen) atoms. The molecule has 0 aliphatic heterocycles. The molecule has 2 rings (SSSR count). The van der Waals surface area contributed by atoms with E-state index in [2.05, 4.69) is 30.4 Å². The van der Waals surface area contributed by atoms with E-state index in [0.29, 0.717) is 0 Å². The zero-order valence-electron chi connectivity index (χ0n) is 11.9. The molecule has 0 spiro atoms. The van der Waals surface area contributed by atoms with Crippen molar-refractivity contribution in [1.29, 1.82) is 0 Å². The second-order valence-corrected chi connectivity index (χ2v) is 5.14. The van der Waals surface area contributed by atoms with Gasteiger partial charge in [0.1, 0.15) is 5.75 Å². The normalized spacial score (nSPS) is 10.6. The molecule has 0 saturated carbocycles. The summed E-state index contributed by atoms with van der Waals surface area (Å²) >= 11 is 6.12. The summed E-state index contributed by atoms with van der Waals surface area (Å²) in [4.78, 5) is 0. The Labute approximate surface area is 125 Å². The molecule has 0 aromatic heterocycles. The summed E-state index contributed by atoms with van der Waals surface area (Å²) in [6.45, 7) is 3.67. The van der Waals surface area contributed by atoms with Crippen LogP contribution in [0.3, 0.4) is 0 Å². The van der Waals surface area contributed by atoms with Crippen molar-refractivity contribution < 1.29 is 4.74 Å². The summed E-state index contributed by atoms with van der Waals surface area (Å²) in [5.41, 5.74) is 3.55. The highest BCUT2D eigenvalue weighted by molar-refractivity contribution is 6.30. The Balaban J connectivity index is 2.28. The lowest BCUT2D eigenvalue weighted by Crippen LogP contribution is -2.06. The molecule has 0 aliphatic carbocycles. The maximum Gasteiger partial charge on any atom is 0.119 e. The van der Waals surface area contributed by atoms with Gasteiger partial charge in [0, 0.05) is 11.6 Å². The summed E-state index contributed by atoms with van der Waals surface area (Å²) in [6, 6.07) is 14.2. The number of rotatable bonds is 6. The average molecular weight is 290 g/mol. The molecule has 106 valence electrons. The van der Waals surface area contributed by atoms with E-state index < -0.39 is 0 Å². The molecular weight excluding hydrogens is 270 g/mol. The summed E-state index contributed by atoms with van der Waals surface area (Å²) in [6.07, 6.45) is 1.02. The molecule has 2 aromatic carbocycles. The molecule has 0 heterocycles. The lowest BCUT2D eigenvalue weighted by Gasteiger charge is -2.11. The molecule has 0 saturated heterocycles. The van der Waals surface area contributed by atoms with Crippen LogP contribution in [0.5, 0.6) is 5.75 Å². The Morgan fingerprint density at radius 1 is 1.10 bits per heavy atom. The molecule has 1 N–H and O–H groups in total. The molecule has 2 nitrogen and oxygen atoms in total. The van der Waals surface area contributed by atoms with Crippen LogP contribution in [0, 0.1) is 0 Å². The van der Waals surface area contributed by atoms with E-state index in [1.807, 2.05) is 31.3 Å². The van der Waals surface area contributed by atoms with Gasteiger partial charge in [0.2, 0.25) is 0 Å². The van der Waals surface area contributed by atoms with Crippen molar-refractivity contribution in [2.45, 2.75) is 19.9 Å². The molecule has 0 unspecified atom stereocenters. The number of ether oxygens (including phenoxy) is 1. The summed E-state index contributed by atoms with van der Waals surface area (Å²) in [7, 11) is 1.94. The minimum atomic E-state index is 0.752. The molecule has 3 heteroatoms. The molecule has 2 aromatic rings. The standard InChI is InChI=1S/C17H20ClNO/c1-3-10-20-16-8-5-13(6-9-16)17-11-15(18)7-4-14(17)12-19-2/h4-9,11,19H,3,10,12H2,1-2H3. The highest BCUT2D eigenvalue weighted by atomic mass is 35.5. The topological polar surface area (TPSA) is 21.3 Å². The van der Waals surface area contributed by atoms with Crippen molar-refractivity contribution >= 4 is 11.6 Å². The van der Waals surface area contributed by atoms with Crippen molar-refractivity contribution in [3.8, 4) is 16.9 Å². The van der Waals surface area contributed by atoms with E-state index in [-0.39, 0.29) is 0 Å². The molecule has 0 radical (unpaired) electrons. The molecule has 0 amide bonds. The lowest BCUT2D eigenvalue weighted by molar-refractivity contribution is 0.317. The van der Waals surface area contributed by atoms with Crippen LogP contribution < -0.4 is 10.1 Å². The van der Waals surface area contributed by atoms with Gasteiger partial charge in [-0.05, 0) is 54.4 Å². The number of benzene rings is 2. The first-order valence-electron chi connectivity index (χ1n) is 6.91. The van der Waals surface area contributed by atoms with Crippen LogP contribution in [0.1, 0.15) is 18.9 Å². The highest BCUT2D eigenvalue weighted by Gasteiger charge is 2.06. The Morgan fingerprint density at radius 3 is 2.50 bits per heavy atom. The van der Waals surface area contributed by atoms with Crippen LogP contribution >= 0.6 is 11.6 Å². The minimum Gasteiger partial charge on any atom is -0.494 e. The van der Waals surface area contributed by atoms with E-state index in [0.717, 1.165) is 41.5 Å². The van der Waals surface area contributed by atoms with Gasteiger partial charge in [0.15, 0.2) is 0 Å². The number of nitrogens with one attached hydrogen (secondary N) is 1. The van der Waals surface area contributed by atoms with Gasteiger partial charge in [-0.2, -0.15) is 0 Å². The fraction of sp³-hybridized carbons (Fsp3) is 0.294. The van der Waals surface area contributed by atoms with E-state index >= 15 is 0 Å². The van der Waals surface area contributed by atoms with Gasteiger partial charge in [-0.1, -0.05) is 36.7 Å². The van der Waals surface area contributed by atoms with Crippen molar-refractivity contribution in [2.75, 3.05) is 13.7 Å². The van der Waals surface area contributed by atoms with Gasteiger partial charge >= 0.3 is 0 Å². The highest BCUT2D eigenvalue weighted by Crippen LogP contribution is 2.28. The lowest BCUT2D eigenvalue weighted by atomic mass is 9.99. The third-order valence-corrected chi connectivity index (χ3v) is 3.31. The van der Waals surface area contributed by atoms with Gasteiger partial charge in [-0.15, -0.1) is 0 Å². The maximum atomic E-state index is 6.12. The van der Waals surface area contributed by atoms with Crippen LogP contribution in [0.4, 0.5) is 0 Å². The van der Waals surface area contributed by atoms with E-state index in [9.17, 15) is 0 Å². The van der Waals surface area contributed by atoms with Gasteiger partial charge in [-0.25, -0.2) is 0 Å². The van der Waals surface area contributed by atoms with E-state index in [4.69, 9.17) is 16.3 Å². The largest absolute Gasteiger partial charge is 0.494 e. The average Bonchev–Trinajstić information content (AvgIpc) is 2.48. The van der Waals surface area contributed by atoms with Crippen molar-refractivity contribution in [1.82, 2.24) is 5.32 Å². The van der Waals surface area contributed by atoms with Gasteiger partial charge in [-0.3, -0.25) is 0 Å². The van der Waals surface area contributed by atoms with Crippen molar-refractivity contribution in [3.05, 3.63) is 53.1 Å². The second kappa shape index (κ2) is 7.32. The Bertz CT molecular complexity index is 551. The van der Waals surface area contributed by atoms with Gasteiger partial charge in [0.25, 0.3) is 0 Å². The summed E-state index contributed by atoms with van der Waals surface area (Å²) in [5.74, 6) is 0.910. The maximum absolute atomic E-state index is 6.12. The van der Waals surface area contributed by atoms with E-state index in [1.54, 1.807) is 0 Å². The van der Waals surface area contributed by atoms with Crippen LogP contribution in [0.2, 0.25) is 5.02 Å². The van der Waals surface area contributed by atoms with Crippen molar-refractivity contribution in [2.24, 2.45) is 0 Å². The van der Waals surface area contributed by atoms with E-state index in [1.165, 1.54) is 5.56 Å². The zero-order chi connectivity index (χ0) is 14.4. The van der Waals surface area contributed by atoms with Crippen molar-refractivity contribution in [3.63, 3.8) is 0 Å². The second-order valence-electron chi connectivity index (χ2n) is 4.70. The zero-order valence-corrected chi connectivity index (χ0v) is 12.7. The third kappa shape index (κ3) is 3.75. The summed E-state index contributed by atoms with van der Waals surface area (Å²) < 4.78 is 5.61. The van der Waals surface area contributed by atoms with Crippen LogP contribution in [0.25, 0.3) is 11.1 Å². The molecular formula is C17H20ClNO. The van der Waals surface area contributed by atoms with Crippen LogP contribution in [0.15, 0.2) is 42.5 Å². The molecule has 0 atom stereocenters. The first-order chi connectivity index (χ1) is 9.74. The first-order valence-corrected chi connectivity index (χ1v) is 7.28. The number of halogens is 1. The third-order valence-electron chi connectivity index (χ3n) is 3.08. The molecule has 0 fully saturated rings. The Morgan fingerprint density at radius 2 is 1.85 bits per heavy atom. The van der Waals surface area contributed by atoms with Gasteiger partial charge < -0.3 is 10.1 Å². The first kappa shape index (κ1) is 14.9. The Hall–Kier alpha value is -1.51. The fourth-order valence-electron chi connectivity index (χ4n) is 2.11. The predicted octanol–water partition coefficient (Wildman–Crippen LogP) is 4.52. The Kier molecular flexibility index (Phi) is 5.45. The molecule has 0 bridgehead atoms. The SMILES string of the molecule is CCCOc1ccc(-c2cc(Cl)ccc2CNC)cc1. The number of hydrogen-bond acceptors (Lipinski definition) is 2. The summed E-state index contributed by atoms with van der Waals surface area (Å²) in [5, 5.41) is 3.94. The smallest absolute Gasteiger partial charge is 0.119 e. The minimum absolute atomic E-state index is 0.752. The van der Waals surface area contributed by atoms with Crippen LogP contribution in [-0.2, 0) is 6.54 Å². The predicted molar refractivity (Wildman–Crippen MR) is 85.4 cm³/mol. The fourth-order valence-corrected chi connectivity index (χ4v) is 2.28. The quantitative estimate of drug-likeness (QED) is 0.844. The molecule has 0 aliphatic rings. The monoisotopic (exact) mass is 289 g/mol. The van der Waals surface area contributed by atoms with Gasteiger partial charge in [0.05, 0.1) is 6.61 Å². The van der Waals surface area contributed by atoms with Crippen LogP contribution in [-0.4, -0.2) is 13.7 Å².